The van der Waals surface area contributed by atoms with Crippen molar-refractivity contribution in [1.82, 2.24) is 4.31 Å². The zero-order valence-electron chi connectivity index (χ0n) is 20.2. The molecule has 1 saturated heterocycles. The molecule has 10 heteroatoms. The summed E-state index contributed by atoms with van der Waals surface area (Å²) >= 11 is 1.46. The zero-order valence-corrected chi connectivity index (χ0v) is 21.8. The Kier molecular flexibility index (Phi) is 6.91. The van der Waals surface area contributed by atoms with Crippen LogP contribution in [-0.4, -0.2) is 52.8 Å². The largest absolute Gasteiger partial charge is 0.480 e. The Bertz CT molecular complexity index is 1390. The minimum absolute atomic E-state index is 0.0210. The van der Waals surface area contributed by atoms with E-state index in [1.54, 1.807) is 38.1 Å². The molecule has 4 rings (SSSR count). The number of carbonyl (C=O) groups excluding carboxylic acids is 1. The van der Waals surface area contributed by atoms with Crippen LogP contribution >= 0.6 is 11.8 Å². The molecule has 8 nitrogen and oxygen atoms in total. The standard InChI is InChI=1S/C25H30N2O6S2/c1-15(2)5-10-22(28)26-16-6-8-18-19-14-17(7-9-20(19)33-21(18)13-16)35(31,32)27-11-12-34-25(3,4)23(27)24(29)30/h6-9,13-15,23H,5,10-12H2,1-4H3,(H,26,28)(H,29,30)/t23-/m0/s1. The first-order valence-electron chi connectivity index (χ1n) is 11.5. The Balaban J connectivity index is 1.68. The molecule has 0 bridgehead atoms. The number of amides is 1. The van der Waals surface area contributed by atoms with E-state index < -0.39 is 26.8 Å². The van der Waals surface area contributed by atoms with Gasteiger partial charge in [0.1, 0.15) is 17.2 Å². The second-order valence-electron chi connectivity index (χ2n) is 9.76. The normalized spacial score (nSPS) is 18.8. The molecular weight excluding hydrogens is 488 g/mol. The number of rotatable bonds is 7. The molecule has 2 heterocycles. The number of hydrogen-bond acceptors (Lipinski definition) is 6. The van der Waals surface area contributed by atoms with E-state index in [2.05, 4.69) is 19.2 Å². The van der Waals surface area contributed by atoms with Crippen molar-refractivity contribution in [1.29, 1.82) is 0 Å². The highest BCUT2D eigenvalue weighted by molar-refractivity contribution is 8.00. The summed E-state index contributed by atoms with van der Waals surface area (Å²) in [6.45, 7) is 7.76. The maximum Gasteiger partial charge on any atom is 0.323 e. The minimum atomic E-state index is -4.06. The number of thioether (sulfide) groups is 1. The molecule has 0 saturated carbocycles. The first kappa shape index (κ1) is 25.5. The molecule has 1 fully saturated rings. The number of anilines is 1. The molecule has 1 aliphatic heterocycles. The highest BCUT2D eigenvalue weighted by Crippen LogP contribution is 2.39. The molecule has 3 aromatic rings. The van der Waals surface area contributed by atoms with Crippen LogP contribution in [-0.2, 0) is 19.6 Å². The summed E-state index contributed by atoms with van der Waals surface area (Å²) in [4.78, 5) is 24.2. The first-order valence-corrected chi connectivity index (χ1v) is 14.0. The van der Waals surface area contributed by atoms with E-state index in [0.717, 1.165) is 10.7 Å². The minimum Gasteiger partial charge on any atom is -0.480 e. The molecule has 1 atom stereocenters. The van der Waals surface area contributed by atoms with Gasteiger partial charge in [-0.15, -0.1) is 0 Å². The fourth-order valence-electron chi connectivity index (χ4n) is 4.41. The summed E-state index contributed by atoms with van der Waals surface area (Å²) < 4.78 is 33.4. The summed E-state index contributed by atoms with van der Waals surface area (Å²) in [6, 6.07) is 8.66. The number of benzene rings is 2. The zero-order chi connectivity index (χ0) is 25.5. The summed E-state index contributed by atoms with van der Waals surface area (Å²) in [7, 11) is -4.06. The van der Waals surface area contributed by atoms with E-state index in [-0.39, 0.29) is 17.3 Å². The Hall–Kier alpha value is -2.56. The van der Waals surface area contributed by atoms with Gasteiger partial charge in [0, 0.05) is 46.0 Å². The van der Waals surface area contributed by atoms with Gasteiger partial charge in [-0.25, -0.2) is 8.42 Å². The van der Waals surface area contributed by atoms with Crippen molar-refractivity contribution in [2.24, 2.45) is 5.92 Å². The third-order valence-corrected chi connectivity index (χ3v) is 9.46. The number of carboxylic acid groups (broad SMARTS) is 1. The number of sulfonamides is 1. The number of fused-ring (bicyclic) bond motifs is 3. The molecule has 2 N–H and O–H groups in total. The molecule has 0 radical (unpaired) electrons. The van der Waals surface area contributed by atoms with E-state index in [1.807, 2.05) is 0 Å². The summed E-state index contributed by atoms with van der Waals surface area (Å²) in [5, 5.41) is 14.0. The highest BCUT2D eigenvalue weighted by Gasteiger charge is 2.48. The van der Waals surface area contributed by atoms with Crippen LogP contribution in [0.5, 0.6) is 0 Å². The lowest BCUT2D eigenvalue weighted by Gasteiger charge is -2.42. The van der Waals surface area contributed by atoms with Gasteiger partial charge in [0.05, 0.1) is 4.90 Å². The van der Waals surface area contributed by atoms with Crippen molar-refractivity contribution in [2.75, 3.05) is 17.6 Å². The van der Waals surface area contributed by atoms with Gasteiger partial charge in [-0.05, 0) is 56.5 Å². The fourth-order valence-corrected chi connectivity index (χ4v) is 7.53. The summed E-state index contributed by atoms with van der Waals surface area (Å²) in [5.74, 6) is -0.287. The molecule has 2 aromatic carbocycles. The number of nitrogens with one attached hydrogen (secondary N) is 1. The van der Waals surface area contributed by atoms with Crippen molar-refractivity contribution >= 4 is 61.3 Å². The predicted octanol–water partition coefficient (Wildman–Crippen LogP) is 4.93. The summed E-state index contributed by atoms with van der Waals surface area (Å²) in [6.07, 6.45) is 1.23. The number of aliphatic carboxylic acids is 1. The molecule has 0 spiro atoms. The van der Waals surface area contributed by atoms with Gasteiger partial charge in [-0.3, -0.25) is 9.59 Å². The Morgan fingerprint density at radius 2 is 1.91 bits per heavy atom. The molecule has 1 aromatic heterocycles. The maximum absolute atomic E-state index is 13.6. The van der Waals surface area contributed by atoms with Crippen molar-refractivity contribution in [2.45, 2.75) is 56.2 Å². The number of furan rings is 1. The topological polar surface area (TPSA) is 117 Å². The number of hydrogen-bond donors (Lipinski definition) is 2. The number of nitrogens with zero attached hydrogens (tertiary/aromatic N) is 1. The van der Waals surface area contributed by atoms with E-state index >= 15 is 0 Å². The lowest BCUT2D eigenvalue weighted by Crippen LogP contribution is -2.58. The van der Waals surface area contributed by atoms with Crippen molar-refractivity contribution in [3.05, 3.63) is 36.4 Å². The van der Waals surface area contributed by atoms with Crippen LogP contribution in [0.2, 0.25) is 0 Å². The lowest BCUT2D eigenvalue weighted by molar-refractivity contribution is -0.142. The van der Waals surface area contributed by atoms with Crippen molar-refractivity contribution < 1.29 is 27.5 Å². The Morgan fingerprint density at radius 1 is 1.17 bits per heavy atom. The maximum atomic E-state index is 13.6. The average Bonchev–Trinajstić information content (AvgIpc) is 3.13. The molecule has 188 valence electrons. The third kappa shape index (κ3) is 5.05. The summed E-state index contributed by atoms with van der Waals surface area (Å²) in [5.41, 5.74) is 1.64. The molecule has 1 amide bonds. The predicted molar refractivity (Wildman–Crippen MR) is 138 cm³/mol. The van der Waals surface area contributed by atoms with Crippen LogP contribution in [0.25, 0.3) is 21.9 Å². The number of carboxylic acids is 1. The Labute approximate surface area is 209 Å². The van der Waals surface area contributed by atoms with Crippen LogP contribution in [0.1, 0.15) is 40.5 Å². The molecule has 35 heavy (non-hydrogen) atoms. The van der Waals surface area contributed by atoms with Gasteiger partial charge in [0.25, 0.3) is 0 Å². The van der Waals surface area contributed by atoms with Gasteiger partial charge < -0.3 is 14.8 Å². The fraction of sp³-hybridized carbons (Fsp3) is 0.440. The molecule has 0 unspecified atom stereocenters. The van der Waals surface area contributed by atoms with Crippen molar-refractivity contribution in [3.8, 4) is 0 Å². The third-order valence-electron chi connectivity index (χ3n) is 6.25. The van der Waals surface area contributed by atoms with Crippen molar-refractivity contribution in [3.63, 3.8) is 0 Å². The van der Waals surface area contributed by atoms with E-state index in [1.165, 1.54) is 23.9 Å². The smallest absolute Gasteiger partial charge is 0.323 e. The molecular formula is C25H30N2O6S2. The quantitative estimate of drug-likeness (QED) is 0.455. The molecule has 0 aliphatic carbocycles. The first-order chi connectivity index (χ1) is 16.4. The highest BCUT2D eigenvalue weighted by atomic mass is 32.2. The SMILES string of the molecule is CC(C)CCC(=O)Nc1ccc2c(c1)oc1ccc(S(=O)(=O)N3CCSC(C)(C)[C@@H]3C(=O)O)cc12. The monoisotopic (exact) mass is 518 g/mol. The van der Waals surface area contributed by atoms with Crippen LogP contribution in [0.4, 0.5) is 5.69 Å². The number of carbonyl (C=O) groups is 2. The van der Waals surface area contributed by atoms with Crippen LogP contribution in [0.3, 0.4) is 0 Å². The van der Waals surface area contributed by atoms with Crippen LogP contribution < -0.4 is 5.32 Å². The van der Waals surface area contributed by atoms with Gasteiger partial charge in [0.2, 0.25) is 15.9 Å². The van der Waals surface area contributed by atoms with Gasteiger partial charge in [0.15, 0.2) is 0 Å². The van der Waals surface area contributed by atoms with E-state index in [4.69, 9.17) is 4.42 Å². The van der Waals surface area contributed by atoms with Gasteiger partial charge >= 0.3 is 5.97 Å². The lowest BCUT2D eigenvalue weighted by atomic mass is 10.0. The van der Waals surface area contributed by atoms with Crippen LogP contribution in [0, 0.1) is 5.92 Å². The Morgan fingerprint density at radius 3 is 2.60 bits per heavy atom. The van der Waals surface area contributed by atoms with E-state index in [0.29, 0.717) is 45.7 Å². The van der Waals surface area contributed by atoms with Gasteiger partial charge in [-0.2, -0.15) is 16.1 Å². The second kappa shape index (κ2) is 9.48. The average molecular weight is 519 g/mol. The second-order valence-corrected chi connectivity index (χ2v) is 13.4. The van der Waals surface area contributed by atoms with E-state index in [9.17, 15) is 23.1 Å². The molecule has 1 aliphatic rings. The van der Waals surface area contributed by atoms with Crippen LogP contribution in [0.15, 0.2) is 45.7 Å². The van der Waals surface area contributed by atoms with Gasteiger partial charge in [-0.1, -0.05) is 13.8 Å².